The summed E-state index contributed by atoms with van der Waals surface area (Å²) in [5.41, 5.74) is -0.399. The standard InChI is InChI=1S/C10H10ClNO4/c1-10(6-16-10)5-15-9-4-7(11)2-3-8(9)12(13)14/h2-4H,5-6H2,1H3. The van der Waals surface area contributed by atoms with Crippen LogP contribution in [-0.4, -0.2) is 23.7 Å². The summed E-state index contributed by atoms with van der Waals surface area (Å²) in [5.74, 6) is 0.175. The summed E-state index contributed by atoms with van der Waals surface area (Å²) in [5, 5.41) is 11.1. The zero-order valence-corrected chi connectivity index (χ0v) is 9.36. The van der Waals surface area contributed by atoms with Gasteiger partial charge in [0.05, 0.1) is 11.5 Å². The van der Waals surface area contributed by atoms with E-state index in [0.29, 0.717) is 11.6 Å². The first kappa shape index (κ1) is 11.2. The van der Waals surface area contributed by atoms with Gasteiger partial charge in [-0.25, -0.2) is 0 Å². The Morgan fingerprint density at radius 1 is 1.69 bits per heavy atom. The maximum Gasteiger partial charge on any atom is 0.311 e. The van der Waals surface area contributed by atoms with Crippen LogP contribution in [0.3, 0.4) is 0 Å². The molecule has 16 heavy (non-hydrogen) atoms. The lowest BCUT2D eigenvalue weighted by Crippen LogP contribution is -2.17. The van der Waals surface area contributed by atoms with Crippen LogP contribution < -0.4 is 4.74 Å². The van der Waals surface area contributed by atoms with Gasteiger partial charge in [-0.15, -0.1) is 0 Å². The third kappa shape index (κ3) is 2.43. The highest BCUT2D eigenvalue weighted by molar-refractivity contribution is 6.30. The third-order valence-corrected chi connectivity index (χ3v) is 2.52. The van der Waals surface area contributed by atoms with Crippen LogP contribution in [0.4, 0.5) is 5.69 Å². The first-order valence-electron chi connectivity index (χ1n) is 4.71. The number of hydrogen-bond donors (Lipinski definition) is 0. The smallest absolute Gasteiger partial charge is 0.311 e. The molecule has 0 amide bonds. The molecule has 0 aromatic heterocycles. The molecule has 1 heterocycles. The fraction of sp³-hybridized carbons (Fsp3) is 0.400. The van der Waals surface area contributed by atoms with Crippen molar-refractivity contribution in [3.05, 3.63) is 33.3 Å². The van der Waals surface area contributed by atoms with Crippen molar-refractivity contribution in [2.75, 3.05) is 13.2 Å². The van der Waals surface area contributed by atoms with Crippen molar-refractivity contribution in [2.24, 2.45) is 0 Å². The summed E-state index contributed by atoms with van der Waals surface area (Å²) in [6.45, 7) is 2.78. The Labute approximate surface area is 97.1 Å². The average molecular weight is 244 g/mol. The SMILES string of the molecule is CC1(COc2cc(Cl)ccc2[N+](=O)[O-])CO1. The number of ether oxygens (including phenoxy) is 2. The summed E-state index contributed by atoms with van der Waals surface area (Å²) in [4.78, 5) is 10.2. The lowest BCUT2D eigenvalue weighted by molar-refractivity contribution is -0.385. The lowest BCUT2D eigenvalue weighted by Gasteiger charge is -2.09. The molecule has 0 N–H and O–H groups in total. The molecule has 6 heteroatoms. The molecule has 1 aromatic rings. The predicted octanol–water partition coefficient (Wildman–Crippen LogP) is 2.42. The zero-order valence-electron chi connectivity index (χ0n) is 8.60. The van der Waals surface area contributed by atoms with Gasteiger partial charge < -0.3 is 9.47 Å². The molecule has 2 rings (SSSR count). The van der Waals surface area contributed by atoms with E-state index in [1.807, 2.05) is 6.92 Å². The van der Waals surface area contributed by atoms with Crippen molar-refractivity contribution >= 4 is 17.3 Å². The number of halogens is 1. The molecule has 0 aliphatic carbocycles. The molecule has 0 saturated carbocycles. The molecular weight excluding hydrogens is 234 g/mol. The van der Waals surface area contributed by atoms with Crippen LogP contribution >= 0.6 is 11.6 Å². The molecule has 5 nitrogen and oxygen atoms in total. The Morgan fingerprint density at radius 2 is 2.38 bits per heavy atom. The summed E-state index contributed by atoms with van der Waals surface area (Å²) in [6, 6.07) is 4.22. The first-order chi connectivity index (χ1) is 7.50. The second kappa shape index (κ2) is 3.92. The molecule has 1 aromatic carbocycles. The fourth-order valence-corrected chi connectivity index (χ4v) is 1.35. The van der Waals surface area contributed by atoms with Crippen LogP contribution in [0.25, 0.3) is 0 Å². The van der Waals surface area contributed by atoms with E-state index >= 15 is 0 Å². The number of nitrogens with zero attached hydrogens (tertiary/aromatic N) is 1. The van der Waals surface area contributed by atoms with Gasteiger partial charge in [0.2, 0.25) is 0 Å². The Kier molecular flexibility index (Phi) is 2.73. The van der Waals surface area contributed by atoms with Crippen LogP contribution in [0.5, 0.6) is 5.75 Å². The monoisotopic (exact) mass is 243 g/mol. The van der Waals surface area contributed by atoms with Gasteiger partial charge in [-0.2, -0.15) is 0 Å². The van der Waals surface area contributed by atoms with Crippen LogP contribution in [0, 0.1) is 10.1 Å². The molecule has 1 saturated heterocycles. The highest BCUT2D eigenvalue weighted by Gasteiger charge is 2.40. The van der Waals surface area contributed by atoms with Crippen LogP contribution in [-0.2, 0) is 4.74 Å². The molecule has 1 aliphatic rings. The molecule has 0 bridgehead atoms. The minimum absolute atomic E-state index is 0.0892. The van der Waals surface area contributed by atoms with Gasteiger partial charge in [0, 0.05) is 17.2 Å². The number of benzene rings is 1. The number of epoxide rings is 1. The molecule has 86 valence electrons. The molecule has 0 radical (unpaired) electrons. The molecule has 0 spiro atoms. The molecule has 1 atom stereocenters. The lowest BCUT2D eigenvalue weighted by atomic mass is 10.2. The number of nitro benzene ring substituents is 1. The van der Waals surface area contributed by atoms with Crippen molar-refractivity contribution in [3.63, 3.8) is 0 Å². The van der Waals surface area contributed by atoms with Crippen LogP contribution in [0.2, 0.25) is 5.02 Å². The quantitative estimate of drug-likeness (QED) is 0.463. The van der Waals surface area contributed by atoms with Gasteiger partial charge in [0.25, 0.3) is 0 Å². The molecule has 1 unspecified atom stereocenters. The summed E-state index contributed by atoms with van der Waals surface area (Å²) in [7, 11) is 0. The molecular formula is C10H10ClNO4. The maximum atomic E-state index is 10.7. The second-order valence-corrected chi connectivity index (χ2v) is 4.33. The summed E-state index contributed by atoms with van der Waals surface area (Å²) < 4.78 is 10.5. The van der Waals surface area contributed by atoms with Crippen LogP contribution in [0.1, 0.15) is 6.92 Å². The number of rotatable bonds is 4. The van der Waals surface area contributed by atoms with E-state index < -0.39 is 4.92 Å². The highest BCUT2D eigenvalue weighted by atomic mass is 35.5. The van der Waals surface area contributed by atoms with Crippen molar-refractivity contribution in [1.82, 2.24) is 0 Å². The summed E-state index contributed by atoms with van der Waals surface area (Å²) in [6.07, 6.45) is 0. The van der Waals surface area contributed by atoms with Crippen molar-refractivity contribution in [3.8, 4) is 5.75 Å². The van der Waals surface area contributed by atoms with Gasteiger partial charge in [-0.05, 0) is 13.0 Å². The van der Waals surface area contributed by atoms with Crippen LogP contribution in [0.15, 0.2) is 18.2 Å². The van der Waals surface area contributed by atoms with Crippen molar-refractivity contribution in [1.29, 1.82) is 0 Å². The third-order valence-electron chi connectivity index (χ3n) is 2.29. The van der Waals surface area contributed by atoms with Gasteiger partial charge >= 0.3 is 5.69 Å². The Balaban J connectivity index is 2.16. The molecule has 1 fully saturated rings. The normalized spacial score (nSPS) is 22.9. The maximum absolute atomic E-state index is 10.7. The van der Waals surface area contributed by atoms with E-state index in [4.69, 9.17) is 21.1 Å². The van der Waals surface area contributed by atoms with Gasteiger partial charge in [0.15, 0.2) is 5.75 Å². The largest absolute Gasteiger partial charge is 0.484 e. The van der Waals surface area contributed by atoms with E-state index in [2.05, 4.69) is 0 Å². The Hall–Kier alpha value is -1.33. The summed E-state index contributed by atoms with van der Waals surface area (Å²) >= 11 is 5.75. The van der Waals surface area contributed by atoms with Gasteiger partial charge in [-0.1, -0.05) is 11.6 Å². The van der Waals surface area contributed by atoms with Gasteiger partial charge in [-0.3, -0.25) is 10.1 Å². The average Bonchev–Trinajstić information content (AvgIpc) is 2.94. The number of hydrogen-bond acceptors (Lipinski definition) is 4. The fourth-order valence-electron chi connectivity index (χ4n) is 1.19. The minimum atomic E-state index is -0.498. The topological polar surface area (TPSA) is 64.9 Å². The number of nitro groups is 1. The second-order valence-electron chi connectivity index (χ2n) is 3.90. The Bertz CT molecular complexity index is 431. The van der Waals surface area contributed by atoms with E-state index in [0.717, 1.165) is 0 Å². The molecule has 1 aliphatic heterocycles. The zero-order chi connectivity index (χ0) is 11.8. The van der Waals surface area contributed by atoms with Crippen molar-refractivity contribution < 1.29 is 14.4 Å². The van der Waals surface area contributed by atoms with E-state index in [-0.39, 0.29) is 23.6 Å². The van der Waals surface area contributed by atoms with Crippen molar-refractivity contribution in [2.45, 2.75) is 12.5 Å². The minimum Gasteiger partial charge on any atom is -0.484 e. The van der Waals surface area contributed by atoms with E-state index in [1.54, 1.807) is 0 Å². The first-order valence-corrected chi connectivity index (χ1v) is 5.09. The highest BCUT2D eigenvalue weighted by Crippen LogP contribution is 2.33. The predicted molar refractivity (Wildman–Crippen MR) is 58.0 cm³/mol. The Morgan fingerprint density at radius 3 is 2.94 bits per heavy atom. The van der Waals surface area contributed by atoms with E-state index in [1.165, 1.54) is 18.2 Å². The van der Waals surface area contributed by atoms with E-state index in [9.17, 15) is 10.1 Å². The van der Waals surface area contributed by atoms with Gasteiger partial charge in [0.1, 0.15) is 12.2 Å².